The third kappa shape index (κ3) is 6.05. The van der Waals surface area contributed by atoms with E-state index < -0.39 is 0 Å². The Morgan fingerprint density at radius 3 is 2.06 bits per heavy atom. The van der Waals surface area contributed by atoms with Gasteiger partial charge in [-0.3, -0.25) is 4.90 Å². The zero-order valence-corrected chi connectivity index (χ0v) is 20.6. The predicted octanol–water partition coefficient (Wildman–Crippen LogP) is 4.59. The van der Waals surface area contributed by atoms with Gasteiger partial charge in [0.05, 0.1) is 0 Å². The summed E-state index contributed by atoms with van der Waals surface area (Å²) in [5.74, 6) is 3.27. The first-order valence-corrected chi connectivity index (χ1v) is 11.9. The molecule has 31 heavy (non-hydrogen) atoms. The summed E-state index contributed by atoms with van der Waals surface area (Å²) in [7, 11) is 0. The first-order chi connectivity index (χ1) is 14.8. The van der Waals surface area contributed by atoms with Crippen LogP contribution in [0.2, 0.25) is 0 Å². The third-order valence-corrected chi connectivity index (χ3v) is 5.94. The van der Waals surface area contributed by atoms with Crippen LogP contribution in [0.1, 0.15) is 50.1 Å². The molecule has 1 fully saturated rings. The molecule has 3 rings (SSSR count). The topological polar surface area (TPSA) is 44.3 Å². The van der Waals surface area contributed by atoms with Crippen molar-refractivity contribution < 1.29 is 0 Å². The quantitative estimate of drug-likeness (QED) is 0.673. The fraction of sp³-hybridized carbons (Fsp3) is 0.615. The Hall–Kier alpha value is -1.98. The van der Waals surface area contributed by atoms with E-state index in [0.29, 0.717) is 11.8 Å². The monoisotopic (exact) mass is 423 g/mol. The van der Waals surface area contributed by atoms with Crippen LogP contribution in [-0.4, -0.2) is 54.1 Å². The van der Waals surface area contributed by atoms with E-state index in [1.165, 1.54) is 22.3 Å². The van der Waals surface area contributed by atoms with Crippen LogP contribution in [0.5, 0.6) is 0 Å². The number of rotatable bonds is 8. The predicted molar refractivity (Wildman–Crippen MR) is 132 cm³/mol. The molecular weight excluding hydrogens is 382 g/mol. The van der Waals surface area contributed by atoms with Crippen molar-refractivity contribution in [3.63, 3.8) is 0 Å². The molecule has 2 heterocycles. The minimum atomic E-state index is 0.636. The van der Waals surface area contributed by atoms with Gasteiger partial charge in [0.25, 0.3) is 0 Å². The second kappa shape index (κ2) is 10.6. The summed E-state index contributed by atoms with van der Waals surface area (Å²) in [4.78, 5) is 15.3. The summed E-state index contributed by atoms with van der Waals surface area (Å²) in [5.41, 5.74) is 6.05. The van der Waals surface area contributed by atoms with Gasteiger partial charge in [-0.05, 0) is 43.7 Å². The van der Waals surface area contributed by atoms with Gasteiger partial charge in [-0.15, -0.1) is 0 Å². The van der Waals surface area contributed by atoms with Crippen LogP contribution in [0.25, 0.3) is 11.4 Å². The molecule has 1 aromatic carbocycles. The molecule has 0 radical (unpaired) electrons. The Balaban J connectivity index is 2.07. The SMILES string of the molecule is Cc1cccc(C)c1-c1nc(C)c(CN(CC(C)C)CC(C)C)c(N2CCNCC2)n1. The molecule has 0 atom stereocenters. The van der Waals surface area contributed by atoms with E-state index in [9.17, 15) is 0 Å². The van der Waals surface area contributed by atoms with E-state index in [4.69, 9.17) is 9.97 Å². The van der Waals surface area contributed by atoms with Gasteiger partial charge in [0.15, 0.2) is 5.82 Å². The number of aryl methyl sites for hydroxylation is 3. The molecule has 0 amide bonds. The van der Waals surface area contributed by atoms with Crippen molar-refractivity contribution >= 4 is 5.82 Å². The van der Waals surface area contributed by atoms with E-state index in [1.807, 2.05) is 0 Å². The van der Waals surface area contributed by atoms with Crippen molar-refractivity contribution in [3.05, 3.63) is 40.6 Å². The normalized spacial score (nSPS) is 14.8. The summed E-state index contributed by atoms with van der Waals surface area (Å²) in [6, 6.07) is 6.43. The van der Waals surface area contributed by atoms with Crippen LogP contribution in [0.3, 0.4) is 0 Å². The van der Waals surface area contributed by atoms with Crippen LogP contribution in [0.4, 0.5) is 5.82 Å². The Labute approximate surface area is 189 Å². The third-order valence-electron chi connectivity index (χ3n) is 5.94. The maximum atomic E-state index is 5.22. The molecule has 5 nitrogen and oxygen atoms in total. The second-order valence-electron chi connectivity index (χ2n) is 9.92. The highest BCUT2D eigenvalue weighted by Crippen LogP contribution is 2.30. The standard InChI is InChI=1S/C26H41N5/c1-18(2)15-30(16-19(3)4)17-23-22(7)28-25(24-20(5)9-8-10-21(24)6)29-26(23)31-13-11-27-12-14-31/h8-10,18-19,27H,11-17H2,1-7H3. The highest BCUT2D eigenvalue weighted by molar-refractivity contribution is 5.67. The zero-order chi connectivity index (χ0) is 22.5. The average Bonchev–Trinajstić information content (AvgIpc) is 2.69. The Morgan fingerprint density at radius 2 is 1.52 bits per heavy atom. The molecule has 0 spiro atoms. The highest BCUT2D eigenvalue weighted by atomic mass is 15.2. The van der Waals surface area contributed by atoms with Gasteiger partial charge in [-0.1, -0.05) is 45.9 Å². The molecule has 1 aromatic heterocycles. The maximum Gasteiger partial charge on any atom is 0.162 e. The minimum absolute atomic E-state index is 0.636. The molecular formula is C26H41N5. The van der Waals surface area contributed by atoms with E-state index in [2.05, 4.69) is 81.8 Å². The summed E-state index contributed by atoms with van der Waals surface area (Å²) in [6.45, 7) is 22.8. The molecule has 170 valence electrons. The van der Waals surface area contributed by atoms with Gasteiger partial charge >= 0.3 is 0 Å². The summed E-state index contributed by atoms with van der Waals surface area (Å²) in [5, 5.41) is 3.48. The van der Waals surface area contributed by atoms with Gasteiger partial charge < -0.3 is 10.2 Å². The highest BCUT2D eigenvalue weighted by Gasteiger charge is 2.23. The van der Waals surface area contributed by atoms with Crippen molar-refractivity contribution in [2.24, 2.45) is 11.8 Å². The lowest BCUT2D eigenvalue weighted by Crippen LogP contribution is -2.44. The molecule has 2 aromatic rings. The summed E-state index contributed by atoms with van der Waals surface area (Å²) < 4.78 is 0. The number of nitrogens with zero attached hydrogens (tertiary/aromatic N) is 4. The number of nitrogens with one attached hydrogen (secondary N) is 1. The largest absolute Gasteiger partial charge is 0.354 e. The first-order valence-electron chi connectivity index (χ1n) is 11.9. The minimum Gasteiger partial charge on any atom is -0.354 e. The van der Waals surface area contributed by atoms with Crippen LogP contribution in [0.15, 0.2) is 18.2 Å². The lowest BCUT2D eigenvalue weighted by molar-refractivity contribution is 0.211. The lowest BCUT2D eigenvalue weighted by Gasteiger charge is -2.33. The first kappa shape index (κ1) is 23.7. The number of hydrogen-bond acceptors (Lipinski definition) is 5. The second-order valence-corrected chi connectivity index (χ2v) is 9.92. The number of anilines is 1. The van der Waals surface area contributed by atoms with Gasteiger partial charge in [-0.2, -0.15) is 0 Å². The Bertz CT molecular complexity index is 838. The zero-order valence-electron chi connectivity index (χ0n) is 20.6. The van der Waals surface area contributed by atoms with Crippen molar-refractivity contribution in [2.75, 3.05) is 44.2 Å². The molecule has 0 unspecified atom stereocenters. The van der Waals surface area contributed by atoms with Crippen LogP contribution >= 0.6 is 0 Å². The van der Waals surface area contributed by atoms with Gasteiger partial charge in [0.1, 0.15) is 5.82 Å². The number of aromatic nitrogens is 2. The Morgan fingerprint density at radius 1 is 0.935 bits per heavy atom. The molecule has 0 bridgehead atoms. The van der Waals surface area contributed by atoms with E-state index in [-0.39, 0.29) is 0 Å². The molecule has 0 saturated carbocycles. The van der Waals surface area contributed by atoms with E-state index in [0.717, 1.165) is 63.1 Å². The van der Waals surface area contributed by atoms with Gasteiger partial charge in [-0.25, -0.2) is 9.97 Å². The number of benzene rings is 1. The molecule has 1 N–H and O–H groups in total. The number of hydrogen-bond donors (Lipinski definition) is 1. The van der Waals surface area contributed by atoms with E-state index in [1.54, 1.807) is 0 Å². The molecule has 1 saturated heterocycles. The fourth-order valence-corrected chi connectivity index (χ4v) is 4.64. The molecule has 1 aliphatic rings. The smallest absolute Gasteiger partial charge is 0.162 e. The average molecular weight is 424 g/mol. The van der Waals surface area contributed by atoms with Crippen LogP contribution in [-0.2, 0) is 6.54 Å². The summed E-state index contributed by atoms with van der Waals surface area (Å²) in [6.07, 6.45) is 0. The van der Waals surface area contributed by atoms with Crippen molar-refractivity contribution in [3.8, 4) is 11.4 Å². The van der Waals surface area contributed by atoms with Crippen molar-refractivity contribution in [2.45, 2.75) is 55.0 Å². The van der Waals surface area contributed by atoms with Crippen molar-refractivity contribution in [1.29, 1.82) is 0 Å². The molecule has 0 aliphatic carbocycles. The summed E-state index contributed by atoms with van der Waals surface area (Å²) >= 11 is 0. The van der Waals surface area contributed by atoms with Crippen LogP contribution < -0.4 is 10.2 Å². The van der Waals surface area contributed by atoms with Crippen LogP contribution in [0, 0.1) is 32.6 Å². The number of piperazine rings is 1. The van der Waals surface area contributed by atoms with Gasteiger partial charge in [0, 0.05) is 62.6 Å². The lowest BCUT2D eigenvalue weighted by atomic mass is 10.0. The van der Waals surface area contributed by atoms with Gasteiger partial charge in [0.2, 0.25) is 0 Å². The molecule has 1 aliphatic heterocycles. The Kier molecular flexibility index (Phi) is 8.06. The maximum absolute atomic E-state index is 5.22. The van der Waals surface area contributed by atoms with E-state index >= 15 is 0 Å². The van der Waals surface area contributed by atoms with Crippen molar-refractivity contribution in [1.82, 2.24) is 20.2 Å². The fourth-order valence-electron chi connectivity index (χ4n) is 4.64. The molecule has 5 heteroatoms.